The number of benzene rings is 1. The molecule has 1 aromatic carbocycles. The first-order valence-electron chi connectivity index (χ1n) is 9.05. The van der Waals surface area contributed by atoms with Gasteiger partial charge < -0.3 is 10.3 Å². The molecule has 1 heterocycles. The number of hydrogen-bond donors (Lipinski definition) is 2. The molecule has 0 aliphatic heterocycles. The van der Waals surface area contributed by atoms with Crippen LogP contribution < -0.4 is 5.32 Å². The SMILES string of the molecule is C[C@H](NC(=O)CCc1c[nH]c2ccccc12)[C@@H]1C[C@H]2CC[C@H]1C2. The highest BCUT2D eigenvalue weighted by atomic mass is 16.1. The minimum absolute atomic E-state index is 0.200. The lowest BCUT2D eigenvalue weighted by Gasteiger charge is -2.28. The average molecular weight is 310 g/mol. The van der Waals surface area contributed by atoms with Gasteiger partial charge in [-0.1, -0.05) is 24.6 Å². The minimum atomic E-state index is 0.200. The van der Waals surface area contributed by atoms with Gasteiger partial charge in [0, 0.05) is 29.6 Å². The molecule has 2 fully saturated rings. The van der Waals surface area contributed by atoms with Crippen molar-refractivity contribution in [2.75, 3.05) is 0 Å². The Kier molecular flexibility index (Phi) is 3.88. The maximum Gasteiger partial charge on any atom is 0.220 e. The molecule has 0 saturated heterocycles. The van der Waals surface area contributed by atoms with E-state index in [2.05, 4.69) is 35.4 Å². The van der Waals surface area contributed by atoms with Gasteiger partial charge in [0.25, 0.3) is 0 Å². The Morgan fingerprint density at radius 2 is 2.17 bits per heavy atom. The highest BCUT2D eigenvalue weighted by Gasteiger charge is 2.42. The summed E-state index contributed by atoms with van der Waals surface area (Å²) in [6.07, 6.45) is 8.95. The normalized spacial score (nSPS) is 27.4. The smallest absolute Gasteiger partial charge is 0.220 e. The van der Waals surface area contributed by atoms with Crippen molar-refractivity contribution in [3.63, 3.8) is 0 Å². The summed E-state index contributed by atoms with van der Waals surface area (Å²) in [5.74, 6) is 2.72. The fraction of sp³-hybridized carbons (Fsp3) is 0.550. The van der Waals surface area contributed by atoms with Crippen molar-refractivity contribution in [3.05, 3.63) is 36.0 Å². The van der Waals surface area contributed by atoms with Crippen LogP contribution >= 0.6 is 0 Å². The van der Waals surface area contributed by atoms with Crippen LogP contribution in [-0.2, 0) is 11.2 Å². The third-order valence-corrected chi connectivity index (χ3v) is 6.12. The minimum Gasteiger partial charge on any atom is -0.361 e. The number of hydrogen-bond acceptors (Lipinski definition) is 1. The van der Waals surface area contributed by atoms with E-state index < -0.39 is 0 Å². The first-order chi connectivity index (χ1) is 11.2. The molecule has 2 bridgehead atoms. The molecule has 2 N–H and O–H groups in total. The molecule has 3 heteroatoms. The number of rotatable bonds is 5. The van der Waals surface area contributed by atoms with Gasteiger partial charge >= 0.3 is 0 Å². The first-order valence-corrected chi connectivity index (χ1v) is 9.05. The predicted molar refractivity (Wildman–Crippen MR) is 93.2 cm³/mol. The second-order valence-corrected chi connectivity index (χ2v) is 7.55. The Morgan fingerprint density at radius 3 is 2.96 bits per heavy atom. The Morgan fingerprint density at radius 1 is 1.30 bits per heavy atom. The quantitative estimate of drug-likeness (QED) is 0.860. The molecular weight excluding hydrogens is 284 g/mol. The molecule has 2 aromatic rings. The molecule has 3 nitrogen and oxygen atoms in total. The largest absolute Gasteiger partial charge is 0.361 e. The molecule has 122 valence electrons. The number of aryl methyl sites for hydroxylation is 1. The number of aromatic amines is 1. The lowest BCUT2D eigenvalue weighted by atomic mass is 9.84. The lowest BCUT2D eigenvalue weighted by molar-refractivity contribution is -0.122. The van der Waals surface area contributed by atoms with E-state index >= 15 is 0 Å². The van der Waals surface area contributed by atoms with E-state index in [-0.39, 0.29) is 5.91 Å². The van der Waals surface area contributed by atoms with Crippen molar-refractivity contribution in [2.45, 2.75) is 51.5 Å². The zero-order valence-corrected chi connectivity index (χ0v) is 13.8. The molecule has 2 aliphatic rings. The zero-order chi connectivity index (χ0) is 15.8. The number of aromatic nitrogens is 1. The summed E-state index contributed by atoms with van der Waals surface area (Å²) in [4.78, 5) is 15.6. The third-order valence-electron chi connectivity index (χ3n) is 6.12. The van der Waals surface area contributed by atoms with Gasteiger partial charge in [-0.15, -0.1) is 0 Å². The number of amides is 1. The second kappa shape index (κ2) is 6.03. The van der Waals surface area contributed by atoms with Crippen molar-refractivity contribution in [3.8, 4) is 0 Å². The second-order valence-electron chi connectivity index (χ2n) is 7.55. The topological polar surface area (TPSA) is 44.9 Å². The van der Waals surface area contributed by atoms with Gasteiger partial charge in [0.2, 0.25) is 5.91 Å². The highest BCUT2D eigenvalue weighted by Crippen LogP contribution is 2.49. The molecule has 2 saturated carbocycles. The van der Waals surface area contributed by atoms with Gasteiger partial charge in [-0.05, 0) is 62.0 Å². The van der Waals surface area contributed by atoms with Crippen LogP contribution in [0.25, 0.3) is 10.9 Å². The fourth-order valence-electron chi connectivity index (χ4n) is 4.93. The van der Waals surface area contributed by atoms with Crippen LogP contribution in [0.5, 0.6) is 0 Å². The van der Waals surface area contributed by atoms with Crippen molar-refractivity contribution in [1.82, 2.24) is 10.3 Å². The van der Waals surface area contributed by atoms with E-state index in [0.29, 0.717) is 18.4 Å². The summed E-state index contributed by atoms with van der Waals surface area (Å²) in [5.41, 5.74) is 2.39. The molecular formula is C20H26N2O. The summed E-state index contributed by atoms with van der Waals surface area (Å²) in [6.45, 7) is 2.20. The van der Waals surface area contributed by atoms with Crippen molar-refractivity contribution in [2.24, 2.45) is 17.8 Å². The fourth-order valence-corrected chi connectivity index (χ4v) is 4.93. The molecule has 0 unspecified atom stereocenters. The summed E-state index contributed by atoms with van der Waals surface area (Å²) in [6, 6.07) is 8.62. The van der Waals surface area contributed by atoms with Crippen molar-refractivity contribution in [1.29, 1.82) is 0 Å². The highest BCUT2D eigenvalue weighted by molar-refractivity contribution is 5.84. The van der Waals surface area contributed by atoms with Crippen LogP contribution in [0.2, 0.25) is 0 Å². The molecule has 23 heavy (non-hydrogen) atoms. The van der Waals surface area contributed by atoms with Gasteiger partial charge in [-0.3, -0.25) is 4.79 Å². The molecule has 4 atom stereocenters. The van der Waals surface area contributed by atoms with Crippen molar-refractivity contribution < 1.29 is 4.79 Å². The third kappa shape index (κ3) is 2.89. The zero-order valence-electron chi connectivity index (χ0n) is 13.8. The van der Waals surface area contributed by atoms with Crippen LogP contribution in [0.1, 0.15) is 44.6 Å². The van der Waals surface area contributed by atoms with Crippen LogP contribution in [0.4, 0.5) is 0 Å². The average Bonchev–Trinajstić information content (AvgIpc) is 3.28. The number of carbonyl (C=O) groups is 1. The van der Waals surface area contributed by atoms with Crippen LogP contribution in [0, 0.1) is 17.8 Å². The van der Waals surface area contributed by atoms with Gasteiger partial charge in [-0.25, -0.2) is 0 Å². The number of carbonyl (C=O) groups excluding carboxylic acids is 1. The van der Waals surface area contributed by atoms with E-state index in [1.54, 1.807) is 0 Å². The van der Waals surface area contributed by atoms with Gasteiger partial charge in [0.1, 0.15) is 0 Å². The standard InChI is InChI=1S/C20H26N2O/c1-13(18-11-14-6-7-15(18)10-14)22-20(23)9-8-16-12-21-19-5-3-2-4-17(16)19/h2-5,12-15,18,21H,6-11H2,1H3,(H,22,23)/t13-,14-,15-,18-/m0/s1. The Bertz CT molecular complexity index is 704. The number of fused-ring (bicyclic) bond motifs is 3. The number of para-hydroxylation sites is 1. The Hall–Kier alpha value is -1.77. The number of H-pyrrole nitrogens is 1. The van der Waals surface area contributed by atoms with Gasteiger partial charge in [0.15, 0.2) is 0 Å². The maximum absolute atomic E-state index is 12.3. The Balaban J connectivity index is 1.32. The van der Waals surface area contributed by atoms with E-state index in [1.165, 1.54) is 36.6 Å². The summed E-state index contributed by atoms with van der Waals surface area (Å²) >= 11 is 0. The van der Waals surface area contributed by atoms with Crippen LogP contribution in [-0.4, -0.2) is 16.9 Å². The monoisotopic (exact) mass is 310 g/mol. The van der Waals surface area contributed by atoms with Crippen molar-refractivity contribution >= 4 is 16.8 Å². The van der Waals surface area contributed by atoms with E-state index in [4.69, 9.17) is 0 Å². The number of nitrogens with one attached hydrogen (secondary N) is 2. The molecule has 1 aromatic heterocycles. The maximum atomic E-state index is 12.3. The molecule has 1 amide bonds. The lowest BCUT2D eigenvalue weighted by Crippen LogP contribution is -2.40. The van der Waals surface area contributed by atoms with E-state index in [1.807, 2.05) is 12.3 Å². The van der Waals surface area contributed by atoms with Crippen LogP contribution in [0.15, 0.2) is 30.5 Å². The predicted octanol–water partition coefficient (Wildman–Crippen LogP) is 4.04. The molecule has 2 aliphatic carbocycles. The molecule has 0 radical (unpaired) electrons. The van der Waals surface area contributed by atoms with Crippen LogP contribution in [0.3, 0.4) is 0 Å². The molecule has 0 spiro atoms. The van der Waals surface area contributed by atoms with Gasteiger partial charge in [0.05, 0.1) is 0 Å². The first kappa shape index (κ1) is 14.8. The Labute approximate surface area is 137 Å². The van der Waals surface area contributed by atoms with E-state index in [9.17, 15) is 4.79 Å². The summed E-state index contributed by atoms with van der Waals surface area (Å²) in [5, 5.41) is 4.51. The molecule has 4 rings (SSSR count). The summed E-state index contributed by atoms with van der Waals surface area (Å²) < 4.78 is 0. The van der Waals surface area contributed by atoms with E-state index in [0.717, 1.165) is 23.8 Å². The van der Waals surface area contributed by atoms with Gasteiger partial charge in [-0.2, -0.15) is 0 Å². The summed E-state index contributed by atoms with van der Waals surface area (Å²) in [7, 11) is 0.